The Hall–Kier alpha value is -3.62. The van der Waals surface area contributed by atoms with Crippen molar-refractivity contribution in [1.82, 2.24) is 4.90 Å². The van der Waals surface area contributed by atoms with Crippen molar-refractivity contribution in [2.24, 2.45) is 5.73 Å². The number of likely N-dealkylation sites (tertiary alicyclic amines) is 1. The van der Waals surface area contributed by atoms with Crippen molar-refractivity contribution < 1.29 is 27.8 Å². The largest absolute Gasteiger partial charge is 0.493 e. The molecule has 3 N–H and O–H groups in total. The average Bonchev–Trinajstić information content (AvgIpc) is 2.99. The molecule has 0 saturated carbocycles. The van der Waals surface area contributed by atoms with Crippen molar-refractivity contribution in [3.8, 4) is 16.9 Å². The van der Waals surface area contributed by atoms with Gasteiger partial charge in [0.05, 0.1) is 12.2 Å². The summed E-state index contributed by atoms with van der Waals surface area (Å²) in [5, 5.41) is 9.75. The lowest BCUT2D eigenvalue weighted by molar-refractivity contribution is -0.145. The summed E-state index contributed by atoms with van der Waals surface area (Å²) < 4.78 is 49.5. The minimum absolute atomic E-state index is 0.00678. The first kappa shape index (κ1) is 32.3. The summed E-state index contributed by atoms with van der Waals surface area (Å²) in [6.07, 6.45) is 4.19. The molecule has 0 spiro atoms. The van der Waals surface area contributed by atoms with Gasteiger partial charge in [0.2, 0.25) is 0 Å². The molecule has 3 aromatic rings. The van der Waals surface area contributed by atoms with E-state index in [1.807, 2.05) is 55.5 Å². The van der Waals surface area contributed by atoms with Crippen LogP contribution < -0.4 is 10.5 Å². The van der Waals surface area contributed by atoms with E-state index >= 15 is 0 Å². The standard InChI is InChI=1S/C35H41F3N2O3/c1-25-26(14-11-15-30(25)27-12-5-4-6-13-27)17-18-28-23-33(43-21-10-3-2-8-19-39)29(22-31(28)35(36,37)38)24-40-20-9-7-16-32(40)34(41)42/h4-6,11-15,17-18,22-23,32H,2-3,7-10,16,19-21,24,39H2,1H3,(H,41,42)/b18-17+/t32-/m0/s1. The number of carboxylic acid groups (broad SMARTS) is 1. The monoisotopic (exact) mass is 594 g/mol. The summed E-state index contributed by atoms with van der Waals surface area (Å²) in [4.78, 5) is 13.7. The molecule has 1 atom stereocenters. The highest BCUT2D eigenvalue weighted by Crippen LogP contribution is 2.38. The molecule has 230 valence electrons. The van der Waals surface area contributed by atoms with E-state index in [-0.39, 0.29) is 12.1 Å². The van der Waals surface area contributed by atoms with Gasteiger partial charge in [0.25, 0.3) is 0 Å². The Morgan fingerprint density at radius 1 is 1.00 bits per heavy atom. The normalized spacial score (nSPS) is 16.1. The van der Waals surface area contributed by atoms with Gasteiger partial charge in [-0.3, -0.25) is 9.69 Å². The van der Waals surface area contributed by atoms with E-state index in [0.29, 0.717) is 37.4 Å². The number of unbranched alkanes of at least 4 members (excludes halogenated alkanes) is 3. The number of aliphatic carboxylic acids is 1. The average molecular weight is 595 g/mol. The zero-order valence-electron chi connectivity index (χ0n) is 24.7. The van der Waals surface area contributed by atoms with E-state index in [4.69, 9.17) is 10.5 Å². The molecule has 0 unspecified atom stereocenters. The van der Waals surface area contributed by atoms with E-state index in [2.05, 4.69) is 0 Å². The fourth-order valence-electron chi connectivity index (χ4n) is 5.69. The van der Waals surface area contributed by atoms with Crippen LogP contribution in [0.3, 0.4) is 0 Å². The van der Waals surface area contributed by atoms with E-state index in [0.717, 1.165) is 66.8 Å². The van der Waals surface area contributed by atoms with Crippen LogP contribution in [0.15, 0.2) is 60.7 Å². The molecule has 1 saturated heterocycles. The summed E-state index contributed by atoms with van der Waals surface area (Å²) in [5.74, 6) is -0.596. The zero-order valence-corrected chi connectivity index (χ0v) is 24.7. The fourth-order valence-corrected chi connectivity index (χ4v) is 5.69. The van der Waals surface area contributed by atoms with Crippen molar-refractivity contribution in [1.29, 1.82) is 0 Å². The molecule has 1 heterocycles. The number of hydrogen-bond donors (Lipinski definition) is 2. The predicted octanol–water partition coefficient (Wildman–Crippen LogP) is 8.19. The molecule has 0 amide bonds. The minimum Gasteiger partial charge on any atom is -0.493 e. The molecular weight excluding hydrogens is 553 g/mol. The lowest BCUT2D eigenvalue weighted by atomic mass is 9.95. The second kappa shape index (κ2) is 15.2. The highest BCUT2D eigenvalue weighted by Gasteiger charge is 2.35. The number of alkyl halides is 3. The summed E-state index contributed by atoms with van der Waals surface area (Å²) >= 11 is 0. The van der Waals surface area contributed by atoms with Crippen LogP contribution >= 0.6 is 0 Å². The Labute approximate surface area is 252 Å². The highest BCUT2D eigenvalue weighted by atomic mass is 19.4. The molecule has 4 rings (SSSR count). The van der Waals surface area contributed by atoms with E-state index < -0.39 is 23.8 Å². The van der Waals surface area contributed by atoms with Gasteiger partial charge in [0.1, 0.15) is 11.8 Å². The predicted molar refractivity (Wildman–Crippen MR) is 166 cm³/mol. The smallest absolute Gasteiger partial charge is 0.417 e. The number of benzene rings is 3. The van der Waals surface area contributed by atoms with Crippen molar-refractivity contribution in [3.63, 3.8) is 0 Å². The molecule has 1 aliphatic rings. The van der Waals surface area contributed by atoms with Crippen LogP contribution in [-0.2, 0) is 17.5 Å². The van der Waals surface area contributed by atoms with E-state index in [9.17, 15) is 23.1 Å². The van der Waals surface area contributed by atoms with Gasteiger partial charge in [-0.2, -0.15) is 13.2 Å². The molecule has 0 radical (unpaired) electrons. The summed E-state index contributed by atoms with van der Waals surface area (Å²) in [6, 6.07) is 17.5. The van der Waals surface area contributed by atoms with Gasteiger partial charge in [-0.1, -0.05) is 79.9 Å². The third-order valence-electron chi connectivity index (χ3n) is 8.07. The first-order valence-electron chi connectivity index (χ1n) is 15.1. The first-order valence-corrected chi connectivity index (χ1v) is 15.1. The van der Waals surface area contributed by atoms with Crippen LogP contribution in [-0.4, -0.2) is 41.7 Å². The number of nitrogens with zero attached hydrogens (tertiary/aromatic N) is 1. The Balaban J connectivity index is 1.70. The fraction of sp³-hybridized carbons (Fsp3) is 0.400. The molecule has 1 fully saturated rings. The molecule has 43 heavy (non-hydrogen) atoms. The Bertz CT molecular complexity index is 1390. The molecule has 1 aliphatic heterocycles. The van der Waals surface area contributed by atoms with E-state index in [1.54, 1.807) is 11.0 Å². The van der Waals surface area contributed by atoms with Crippen LogP contribution in [0.25, 0.3) is 23.3 Å². The van der Waals surface area contributed by atoms with E-state index in [1.165, 1.54) is 12.1 Å². The lowest BCUT2D eigenvalue weighted by Crippen LogP contribution is -2.44. The Morgan fingerprint density at radius 2 is 1.74 bits per heavy atom. The maximum atomic E-state index is 14.5. The summed E-state index contributed by atoms with van der Waals surface area (Å²) in [6.45, 7) is 3.52. The summed E-state index contributed by atoms with van der Waals surface area (Å²) in [5.41, 5.74) is 9.01. The number of nitrogens with two attached hydrogens (primary N) is 1. The molecule has 0 bridgehead atoms. The Morgan fingerprint density at radius 3 is 2.47 bits per heavy atom. The molecule has 3 aromatic carbocycles. The van der Waals surface area contributed by atoms with Gasteiger partial charge in [-0.05, 0) is 85.6 Å². The number of hydrogen-bond acceptors (Lipinski definition) is 4. The minimum atomic E-state index is -4.61. The van der Waals surface area contributed by atoms with Crippen molar-refractivity contribution in [2.75, 3.05) is 19.7 Å². The quantitative estimate of drug-likeness (QED) is 0.154. The number of rotatable bonds is 13. The van der Waals surface area contributed by atoms with Crippen molar-refractivity contribution in [3.05, 3.63) is 88.5 Å². The number of ether oxygens (including phenoxy) is 1. The third kappa shape index (κ3) is 8.71. The zero-order chi connectivity index (χ0) is 30.8. The molecule has 8 heteroatoms. The van der Waals surface area contributed by atoms with Gasteiger partial charge in [-0.25, -0.2) is 0 Å². The molecule has 0 aromatic heterocycles. The van der Waals surface area contributed by atoms with Gasteiger partial charge in [0.15, 0.2) is 0 Å². The van der Waals surface area contributed by atoms with Crippen LogP contribution in [0.2, 0.25) is 0 Å². The first-order chi connectivity index (χ1) is 20.7. The van der Waals surface area contributed by atoms with Crippen LogP contribution in [0, 0.1) is 6.92 Å². The van der Waals surface area contributed by atoms with Crippen molar-refractivity contribution in [2.45, 2.75) is 70.6 Å². The topological polar surface area (TPSA) is 75.8 Å². The lowest BCUT2D eigenvalue weighted by Gasteiger charge is -2.33. The molecule has 0 aliphatic carbocycles. The number of carbonyl (C=O) groups is 1. The second-order valence-electron chi connectivity index (χ2n) is 11.1. The molecule has 5 nitrogen and oxygen atoms in total. The van der Waals surface area contributed by atoms with Crippen LogP contribution in [0.1, 0.15) is 72.8 Å². The number of carboxylic acids is 1. The number of halogens is 3. The highest BCUT2D eigenvalue weighted by molar-refractivity contribution is 5.78. The maximum Gasteiger partial charge on any atom is 0.417 e. The second-order valence-corrected chi connectivity index (χ2v) is 11.1. The number of piperidine rings is 1. The van der Waals surface area contributed by atoms with Gasteiger partial charge >= 0.3 is 12.1 Å². The van der Waals surface area contributed by atoms with Crippen molar-refractivity contribution >= 4 is 18.1 Å². The SMILES string of the molecule is Cc1c(/C=C/c2cc(OCCCCCCN)c(CN3CCCC[C@H]3C(=O)O)cc2C(F)(F)F)cccc1-c1ccccc1. The third-order valence-corrected chi connectivity index (χ3v) is 8.07. The van der Waals surface area contributed by atoms with Crippen LogP contribution in [0.5, 0.6) is 5.75 Å². The maximum absolute atomic E-state index is 14.5. The van der Waals surface area contributed by atoms with Gasteiger partial charge in [0, 0.05) is 12.1 Å². The van der Waals surface area contributed by atoms with Crippen LogP contribution in [0.4, 0.5) is 13.2 Å². The summed E-state index contributed by atoms with van der Waals surface area (Å²) in [7, 11) is 0. The van der Waals surface area contributed by atoms with Gasteiger partial charge < -0.3 is 15.6 Å². The van der Waals surface area contributed by atoms with Gasteiger partial charge in [-0.15, -0.1) is 0 Å². The molecular formula is C35H41F3N2O3. The Kier molecular flexibility index (Phi) is 11.4.